The SMILES string of the molecule is O=C(CS(=O)(=O)CC(=O)N1CCCCC1)Nc1ccccc1. The van der Waals surface area contributed by atoms with Gasteiger partial charge in [0.25, 0.3) is 0 Å². The van der Waals surface area contributed by atoms with E-state index in [4.69, 9.17) is 0 Å². The number of para-hydroxylation sites is 1. The molecule has 120 valence electrons. The highest BCUT2D eigenvalue weighted by atomic mass is 32.2. The molecular weight excluding hydrogens is 304 g/mol. The number of hydrogen-bond donors (Lipinski definition) is 1. The van der Waals surface area contributed by atoms with Gasteiger partial charge >= 0.3 is 0 Å². The van der Waals surface area contributed by atoms with Gasteiger partial charge in [0, 0.05) is 18.8 Å². The Kier molecular flexibility index (Phi) is 5.54. The number of hydrogen-bond acceptors (Lipinski definition) is 4. The minimum Gasteiger partial charge on any atom is -0.342 e. The highest BCUT2D eigenvalue weighted by molar-refractivity contribution is 7.92. The molecule has 7 heteroatoms. The Morgan fingerprint density at radius 3 is 2.27 bits per heavy atom. The molecule has 0 atom stereocenters. The van der Waals surface area contributed by atoms with Gasteiger partial charge in [0.05, 0.1) is 0 Å². The summed E-state index contributed by atoms with van der Waals surface area (Å²) in [5, 5.41) is 2.51. The molecule has 0 bridgehead atoms. The molecule has 1 N–H and O–H groups in total. The monoisotopic (exact) mass is 324 g/mol. The van der Waals surface area contributed by atoms with Crippen molar-refractivity contribution in [3.05, 3.63) is 30.3 Å². The lowest BCUT2D eigenvalue weighted by molar-refractivity contribution is -0.129. The number of carbonyl (C=O) groups is 2. The third-order valence-corrected chi connectivity index (χ3v) is 4.85. The molecule has 1 fully saturated rings. The van der Waals surface area contributed by atoms with E-state index in [0.29, 0.717) is 18.8 Å². The first-order valence-corrected chi connectivity index (χ1v) is 9.11. The summed E-state index contributed by atoms with van der Waals surface area (Å²) < 4.78 is 24.0. The highest BCUT2D eigenvalue weighted by Gasteiger charge is 2.25. The second-order valence-electron chi connectivity index (χ2n) is 5.39. The molecule has 0 spiro atoms. The first-order chi connectivity index (χ1) is 10.5. The molecule has 1 heterocycles. The van der Waals surface area contributed by atoms with E-state index in [0.717, 1.165) is 19.3 Å². The van der Waals surface area contributed by atoms with Crippen molar-refractivity contribution in [3.8, 4) is 0 Å². The topological polar surface area (TPSA) is 83.5 Å². The third-order valence-electron chi connectivity index (χ3n) is 3.46. The lowest BCUT2D eigenvalue weighted by Crippen LogP contribution is -2.40. The average molecular weight is 324 g/mol. The van der Waals surface area contributed by atoms with E-state index >= 15 is 0 Å². The zero-order valence-corrected chi connectivity index (χ0v) is 13.1. The predicted octanol–water partition coefficient (Wildman–Crippen LogP) is 1.05. The van der Waals surface area contributed by atoms with Crippen LogP contribution in [0, 0.1) is 0 Å². The van der Waals surface area contributed by atoms with Crippen molar-refractivity contribution in [1.82, 2.24) is 4.90 Å². The fourth-order valence-corrected chi connectivity index (χ4v) is 3.52. The van der Waals surface area contributed by atoms with Crippen molar-refractivity contribution >= 4 is 27.3 Å². The van der Waals surface area contributed by atoms with E-state index in [-0.39, 0.29) is 0 Å². The number of piperidine rings is 1. The Hall–Kier alpha value is -1.89. The third kappa shape index (κ3) is 5.14. The fourth-order valence-electron chi connectivity index (χ4n) is 2.39. The van der Waals surface area contributed by atoms with Crippen molar-refractivity contribution in [1.29, 1.82) is 0 Å². The molecule has 1 aromatic carbocycles. The summed E-state index contributed by atoms with van der Waals surface area (Å²) in [6.07, 6.45) is 2.87. The molecular formula is C15H20N2O4S. The van der Waals surface area contributed by atoms with Crippen LogP contribution in [-0.2, 0) is 19.4 Å². The number of carbonyl (C=O) groups excluding carboxylic acids is 2. The number of sulfone groups is 1. The number of rotatable bonds is 5. The van der Waals surface area contributed by atoms with Gasteiger partial charge < -0.3 is 10.2 Å². The summed E-state index contributed by atoms with van der Waals surface area (Å²) in [4.78, 5) is 25.3. The molecule has 0 saturated carbocycles. The molecule has 0 radical (unpaired) electrons. The van der Waals surface area contributed by atoms with Gasteiger partial charge in [-0.05, 0) is 31.4 Å². The minimum atomic E-state index is -3.75. The Bertz CT molecular complexity index is 622. The zero-order chi connectivity index (χ0) is 16.0. The Morgan fingerprint density at radius 1 is 1.00 bits per heavy atom. The van der Waals surface area contributed by atoms with Crippen molar-refractivity contribution in [2.24, 2.45) is 0 Å². The summed E-state index contributed by atoms with van der Waals surface area (Å²) in [6.45, 7) is 1.20. The number of nitrogens with one attached hydrogen (secondary N) is 1. The molecule has 2 amide bonds. The smallest absolute Gasteiger partial charge is 0.239 e. The van der Waals surface area contributed by atoms with Crippen molar-refractivity contribution < 1.29 is 18.0 Å². The lowest BCUT2D eigenvalue weighted by Gasteiger charge is -2.26. The second-order valence-corrected chi connectivity index (χ2v) is 7.45. The quantitative estimate of drug-likeness (QED) is 0.877. The Morgan fingerprint density at radius 2 is 1.64 bits per heavy atom. The molecule has 1 aromatic rings. The van der Waals surface area contributed by atoms with Crippen LogP contribution in [0.2, 0.25) is 0 Å². The van der Waals surface area contributed by atoms with Crippen molar-refractivity contribution in [3.63, 3.8) is 0 Å². The van der Waals surface area contributed by atoms with E-state index in [1.165, 1.54) is 0 Å². The lowest BCUT2D eigenvalue weighted by atomic mass is 10.1. The number of nitrogens with zero attached hydrogens (tertiary/aromatic N) is 1. The standard InChI is InChI=1S/C15H20N2O4S/c18-14(16-13-7-3-1-4-8-13)11-22(20,21)12-15(19)17-9-5-2-6-10-17/h1,3-4,7-8H,2,5-6,9-12H2,(H,16,18). The summed E-state index contributed by atoms with van der Waals surface area (Å²) in [7, 11) is -3.75. The van der Waals surface area contributed by atoms with Gasteiger partial charge in [0.2, 0.25) is 11.8 Å². The molecule has 0 aromatic heterocycles. The van der Waals surface area contributed by atoms with Crippen LogP contribution in [0.25, 0.3) is 0 Å². The molecule has 1 aliphatic rings. The normalized spacial score (nSPS) is 15.4. The van der Waals surface area contributed by atoms with E-state index in [1.54, 1.807) is 35.2 Å². The van der Waals surface area contributed by atoms with Crippen LogP contribution in [0.3, 0.4) is 0 Å². The maximum absolute atomic E-state index is 12.0. The van der Waals surface area contributed by atoms with E-state index in [1.807, 2.05) is 0 Å². The van der Waals surface area contributed by atoms with Gasteiger partial charge in [0.15, 0.2) is 9.84 Å². The molecule has 6 nitrogen and oxygen atoms in total. The van der Waals surface area contributed by atoms with Crippen LogP contribution in [0.1, 0.15) is 19.3 Å². The Balaban J connectivity index is 1.87. The predicted molar refractivity (Wildman–Crippen MR) is 84.2 cm³/mol. The number of anilines is 1. The van der Waals surface area contributed by atoms with Crippen molar-refractivity contribution in [2.75, 3.05) is 29.9 Å². The molecule has 0 unspecified atom stereocenters. The molecule has 2 rings (SSSR count). The van der Waals surface area contributed by atoms with E-state index in [9.17, 15) is 18.0 Å². The fraction of sp³-hybridized carbons (Fsp3) is 0.467. The number of amides is 2. The highest BCUT2D eigenvalue weighted by Crippen LogP contribution is 2.10. The van der Waals surface area contributed by atoms with Gasteiger partial charge in [-0.2, -0.15) is 0 Å². The van der Waals surface area contributed by atoms with E-state index < -0.39 is 33.2 Å². The second kappa shape index (κ2) is 7.40. The number of likely N-dealkylation sites (tertiary alicyclic amines) is 1. The van der Waals surface area contributed by atoms with Crippen LogP contribution in [0.4, 0.5) is 5.69 Å². The first-order valence-electron chi connectivity index (χ1n) is 7.29. The maximum Gasteiger partial charge on any atom is 0.239 e. The number of benzene rings is 1. The Labute approximate surface area is 130 Å². The molecule has 0 aliphatic carbocycles. The van der Waals surface area contributed by atoms with Crippen LogP contribution in [-0.4, -0.2) is 49.7 Å². The summed E-state index contributed by atoms with van der Waals surface area (Å²) in [5.41, 5.74) is 0.532. The van der Waals surface area contributed by atoms with Gasteiger partial charge in [-0.3, -0.25) is 9.59 Å². The zero-order valence-electron chi connectivity index (χ0n) is 12.3. The van der Waals surface area contributed by atoms with Crippen LogP contribution in [0.15, 0.2) is 30.3 Å². The van der Waals surface area contributed by atoms with Crippen LogP contribution >= 0.6 is 0 Å². The first kappa shape index (κ1) is 16.5. The largest absolute Gasteiger partial charge is 0.342 e. The van der Waals surface area contributed by atoms with Gasteiger partial charge in [-0.1, -0.05) is 18.2 Å². The summed E-state index contributed by atoms with van der Waals surface area (Å²) in [6, 6.07) is 8.62. The van der Waals surface area contributed by atoms with Gasteiger partial charge in [-0.15, -0.1) is 0 Å². The summed E-state index contributed by atoms with van der Waals surface area (Å²) >= 11 is 0. The van der Waals surface area contributed by atoms with E-state index in [2.05, 4.69) is 5.32 Å². The van der Waals surface area contributed by atoms with Gasteiger partial charge in [0.1, 0.15) is 11.5 Å². The summed E-state index contributed by atoms with van der Waals surface area (Å²) in [5.74, 6) is -2.32. The minimum absolute atomic E-state index is 0.410. The van der Waals surface area contributed by atoms with Gasteiger partial charge in [-0.25, -0.2) is 8.42 Å². The maximum atomic E-state index is 12.0. The van der Waals surface area contributed by atoms with Crippen LogP contribution < -0.4 is 5.32 Å². The molecule has 1 aliphatic heterocycles. The molecule has 22 heavy (non-hydrogen) atoms. The van der Waals surface area contributed by atoms with Crippen molar-refractivity contribution in [2.45, 2.75) is 19.3 Å². The average Bonchev–Trinajstić information content (AvgIpc) is 2.48. The molecule has 1 saturated heterocycles. The van der Waals surface area contributed by atoms with Crippen LogP contribution in [0.5, 0.6) is 0 Å².